The third kappa shape index (κ3) is 4.06. The minimum Gasteiger partial charge on any atom is -0.388 e. The molecule has 6 heteroatoms. The van der Waals surface area contributed by atoms with E-state index in [-0.39, 0.29) is 5.84 Å². The van der Waals surface area contributed by atoms with Crippen LogP contribution in [0.15, 0.2) is 30.5 Å². The van der Waals surface area contributed by atoms with Crippen molar-refractivity contribution in [2.75, 3.05) is 31.7 Å². The fourth-order valence-corrected chi connectivity index (χ4v) is 2.36. The van der Waals surface area contributed by atoms with E-state index in [2.05, 4.69) is 9.88 Å². The molecule has 0 aliphatic carbocycles. The van der Waals surface area contributed by atoms with Gasteiger partial charge >= 0.3 is 0 Å². The van der Waals surface area contributed by atoms with Crippen LogP contribution < -0.4 is 10.6 Å². The summed E-state index contributed by atoms with van der Waals surface area (Å²) in [6.07, 6.45) is 2.28. The van der Waals surface area contributed by atoms with E-state index in [1.165, 1.54) is 0 Å². The first kappa shape index (κ1) is 15.5. The number of aromatic nitrogens is 1. The fraction of sp³-hybridized carbons (Fsp3) is 0.333. The average Bonchev–Trinajstić information content (AvgIpc) is 2.46. The number of methoxy groups -OCH3 is 1. The Labute approximate surface area is 129 Å². The molecule has 0 unspecified atom stereocenters. The second-order valence-corrected chi connectivity index (χ2v) is 5.18. The Bertz CT molecular complexity index is 632. The summed E-state index contributed by atoms with van der Waals surface area (Å²) in [6.45, 7) is 2.00. The van der Waals surface area contributed by atoms with Crippen LogP contribution in [0.25, 0.3) is 10.9 Å². The van der Waals surface area contributed by atoms with Crippen molar-refractivity contribution >= 4 is 34.0 Å². The predicted molar refractivity (Wildman–Crippen MR) is 87.4 cm³/mol. The van der Waals surface area contributed by atoms with Crippen LogP contribution in [0, 0.1) is 5.41 Å². The number of benzene rings is 1. The van der Waals surface area contributed by atoms with Crippen molar-refractivity contribution in [1.29, 1.82) is 5.41 Å². The molecule has 112 valence electrons. The molecule has 0 radical (unpaired) electrons. The zero-order chi connectivity index (χ0) is 15.2. The van der Waals surface area contributed by atoms with Crippen LogP contribution in [0.3, 0.4) is 0 Å². The number of anilines is 1. The highest BCUT2D eigenvalue weighted by Crippen LogP contribution is 2.27. The minimum atomic E-state index is 0.179. The maximum atomic E-state index is 7.41. The average molecular weight is 307 g/mol. The smallest absolute Gasteiger partial charge is 0.0923 e. The summed E-state index contributed by atoms with van der Waals surface area (Å²) in [4.78, 5) is 6.51. The molecule has 3 N–H and O–H groups in total. The van der Waals surface area contributed by atoms with Gasteiger partial charge in [-0.3, -0.25) is 10.4 Å². The maximum absolute atomic E-state index is 7.41. The quantitative estimate of drug-likeness (QED) is 0.609. The van der Waals surface area contributed by atoms with E-state index in [1.54, 1.807) is 13.3 Å². The molecule has 0 fully saturated rings. The monoisotopic (exact) mass is 306 g/mol. The van der Waals surface area contributed by atoms with Crippen molar-refractivity contribution in [3.63, 3.8) is 0 Å². The van der Waals surface area contributed by atoms with Gasteiger partial charge in [0.25, 0.3) is 0 Å². The fourth-order valence-electron chi connectivity index (χ4n) is 2.19. The first-order chi connectivity index (χ1) is 10.1. The van der Waals surface area contributed by atoms with Gasteiger partial charge in [-0.25, -0.2) is 0 Å². The maximum Gasteiger partial charge on any atom is 0.0923 e. The van der Waals surface area contributed by atoms with Crippen LogP contribution in [0.4, 0.5) is 5.69 Å². The molecule has 0 aliphatic heterocycles. The van der Waals surface area contributed by atoms with Gasteiger partial charge in [0.1, 0.15) is 0 Å². The van der Waals surface area contributed by atoms with Gasteiger partial charge < -0.3 is 15.4 Å². The molecule has 0 saturated heterocycles. The van der Waals surface area contributed by atoms with Gasteiger partial charge in [0.05, 0.1) is 18.0 Å². The predicted octanol–water partition coefficient (Wildman–Crippen LogP) is 2.67. The van der Waals surface area contributed by atoms with Gasteiger partial charge in [-0.15, -0.1) is 0 Å². The second-order valence-electron chi connectivity index (χ2n) is 4.75. The highest BCUT2D eigenvalue weighted by atomic mass is 35.5. The molecule has 2 aromatic rings. The van der Waals surface area contributed by atoms with Crippen molar-refractivity contribution in [1.82, 2.24) is 4.98 Å². The third-order valence-corrected chi connectivity index (χ3v) is 3.47. The van der Waals surface area contributed by atoms with E-state index < -0.39 is 0 Å². The molecule has 1 heterocycles. The molecule has 0 saturated carbocycles. The van der Waals surface area contributed by atoms with Crippen molar-refractivity contribution in [3.8, 4) is 0 Å². The number of hydrogen-bond donors (Lipinski definition) is 2. The van der Waals surface area contributed by atoms with E-state index in [0.29, 0.717) is 24.6 Å². The van der Waals surface area contributed by atoms with Crippen molar-refractivity contribution in [2.45, 2.75) is 6.42 Å². The van der Waals surface area contributed by atoms with Gasteiger partial charge in [0.2, 0.25) is 0 Å². The number of nitrogens with two attached hydrogens (primary N) is 1. The van der Waals surface area contributed by atoms with E-state index in [4.69, 9.17) is 27.5 Å². The molecular weight excluding hydrogens is 288 g/mol. The molecule has 0 aliphatic rings. The van der Waals surface area contributed by atoms with Crippen LogP contribution in [0.5, 0.6) is 0 Å². The zero-order valence-electron chi connectivity index (χ0n) is 12.0. The molecule has 2 rings (SSSR count). The number of ether oxygens (including phenoxy) is 1. The first-order valence-corrected chi connectivity index (χ1v) is 7.10. The second kappa shape index (κ2) is 7.24. The topological polar surface area (TPSA) is 75.2 Å². The number of rotatable bonds is 7. The molecule has 21 heavy (non-hydrogen) atoms. The summed E-state index contributed by atoms with van der Waals surface area (Å²) in [5.74, 6) is 0.179. The normalized spacial score (nSPS) is 10.8. The van der Waals surface area contributed by atoms with E-state index >= 15 is 0 Å². The molecule has 0 amide bonds. The lowest BCUT2D eigenvalue weighted by molar-refractivity contribution is 0.205. The van der Waals surface area contributed by atoms with Gasteiger partial charge in [0.15, 0.2) is 0 Å². The SMILES string of the molecule is COCCN(CCC(=N)N)c1ccnc2cc(Cl)ccc12. The minimum absolute atomic E-state index is 0.179. The van der Waals surface area contributed by atoms with Crippen molar-refractivity contribution in [2.24, 2.45) is 5.73 Å². The molecule has 0 spiro atoms. The number of nitrogens with zero attached hydrogens (tertiary/aromatic N) is 2. The summed E-state index contributed by atoms with van der Waals surface area (Å²) in [5, 5.41) is 9.10. The van der Waals surface area contributed by atoms with Crippen LogP contribution in [-0.4, -0.2) is 37.6 Å². The Morgan fingerprint density at radius 2 is 2.19 bits per heavy atom. The van der Waals surface area contributed by atoms with Crippen LogP contribution in [-0.2, 0) is 4.74 Å². The Balaban J connectivity index is 2.35. The molecule has 1 aromatic carbocycles. The summed E-state index contributed by atoms with van der Waals surface area (Å²) in [6, 6.07) is 7.63. The largest absolute Gasteiger partial charge is 0.388 e. The molecular formula is C15H19ClN4O. The molecule has 1 aromatic heterocycles. The lowest BCUT2D eigenvalue weighted by Crippen LogP contribution is -2.31. The number of fused-ring (bicyclic) bond motifs is 1. The lowest BCUT2D eigenvalue weighted by Gasteiger charge is -2.25. The number of halogens is 1. The van der Waals surface area contributed by atoms with E-state index in [9.17, 15) is 0 Å². The van der Waals surface area contributed by atoms with Crippen LogP contribution in [0.1, 0.15) is 6.42 Å². The first-order valence-electron chi connectivity index (χ1n) is 6.73. The number of hydrogen-bond acceptors (Lipinski definition) is 4. The third-order valence-electron chi connectivity index (χ3n) is 3.24. The summed E-state index contributed by atoms with van der Waals surface area (Å²) < 4.78 is 5.17. The lowest BCUT2D eigenvalue weighted by atomic mass is 10.1. The van der Waals surface area contributed by atoms with E-state index in [1.807, 2.05) is 24.3 Å². The number of pyridine rings is 1. The van der Waals surface area contributed by atoms with Gasteiger partial charge in [-0.05, 0) is 24.3 Å². The van der Waals surface area contributed by atoms with Crippen LogP contribution >= 0.6 is 11.6 Å². The van der Waals surface area contributed by atoms with Gasteiger partial charge in [-0.1, -0.05) is 11.6 Å². The number of amidine groups is 1. The summed E-state index contributed by atoms with van der Waals surface area (Å²) >= 11 is 6.02. The van der Waals surface area contributed by atoms with Gasteiger partial charge in [-0.2, -0.15) is 0 Å². The Morgan fingerprint density at radius 1 is 1.38 bits per heavy atom. The molecule has 0 bridgehead atoms. The van der Waals surface area contributed by atoms with Gasteiger partial charge in [0, 0.05) is 48.9 Å². The summed E-state index contributed by atoms with van der Waals surface area (Å²) in [7, 11) is 1.67. The highest BCUT2D eigenvalue weighted by molar-refractivity contribution is 6.31. The standard InChI is InChI=1S/C15H19ClN4O/c1-21-9-8-20(7-5-15(17)18)14-4-6-19-13-10-11(16)2-3-12(13)14/h2-4,6,10H,5,7-9H2,1H3,(H3,17,18). The number of nitrogens with one attached hydrogen (secondary N) is 1. The van der Waals surface area contributed by atoms with E-state index in [0.717, 1.165) is 23.1 Å². The Hall–Kier alpha value is -1.85. The van der Waals surface area contributed by atoms with Crippen molar-refractivity contribution in [3.05, 3.63) is 35.5 Å². The molecule has 5 nitrogen and oxygen atoms in total. The zero-order valence-corrected chi connectivity index (χ0v) is 12.7. The Kier molecular flexibility index (Phi) is 5.36. The Morgan fingerprint density at radius 3 is 2.90 bits per heavy atom. The molecule has 0 atom stereocenters. The van der Waals surface area contributed by atoms with Crippen LogP contribution in [0.2, 0.25) is 5.02 Å². The highest BCUT2D eigenvalue weighted by Gasteiger charge is 2.11. The van der Waals surface area contributed by atoms with Crippen molar-refractivity contribution < 1.29 is 4.74 Å². The summed E-state index contributed by atoms with van der Waals surface area (Å²) in [5.41, 5.74) is 7.38.